The third-order valence-corrected chi connectivity index (χ3v) is 4.00. The number of benzene rings is 1. The van der Waals surface area contributed by atoms with Crippen molar-refractivity contribution >= 4 is 29.3 Å². The molecule has 102 valence electrons. The molecule has 0 spiro atoms. The van der Waals surface area contributed by atoms with Crippen LogP contribution in [0.1, 0.15) is 6.92 Å². The molecule has 0 aromatic heterocycles. The Morgan fingerprint density at radius 1 is 1.47 bits per heavy atom. The summed E-state index contributed by atoms with van der Waals surface area (Å²) in [5, 5.41) is 11.5. The fraction of sp³-hybridized carbons (Fsp3) is 0.385. The highest BCUT2D eigenvalue weighted by atomic mass is 32.2. The van der Waals surface area contributed by atoms with E-state index in [1.54, 1.807) is 16.7 Å². The summed E-state index contributed by atoms with van der Waals surface area (Å²) in [5.41, 5.74) is 0.911. The Balaban J connectivity index is 2.03. The minimum Gasteiger partial charge on any atom is -0.480 e. The summed E-state index contributed by atoms with van der Waals surface area (Å²) in [6.07, 6.45) is 0. The van der Waals surface area contributed by atoms with Gasteiger partial charge in [0.2, 0.25) is 5.91 Å². The van der Waals surface area contributed by atoms with Gasteiger partial charge in [-0.25, -0.2) is 0 Å². The minimum absolute atomic E-state index is 0.0342. The van der Waals surface area contributed by atoms with E-state index in [1.807, 2.05) is 24.3 Å². The number of hydrogen-bond donors (Lipinski definition) is 2. The number of nitrogens with one attached hydrogen (secondary N) is 1. The van der Waals surface area contributed by atoms with E-state index in [9.17, 15) is 9.59 Å². The molecule has 0 radical (unpaired) electrons. The summed E-state index contributed by atoms with van der Waals surface area (Å²) < 4.78 is 0. The highest BCUT2D eigenvalue weighted by Crippen LogP contribution is 2.34. The summed E-state index contributed by atoms with van der Waals surface area (Å²) in [6, 6.07) is 7.04. The maximum absolute atomic E-state index is 12.1. The molecule has 0 saturated carbocycles. The highest BCUT2D eigenvalue weighted by Gasteiger charge is 2.23. The first-order chi connectivity index (χ1) is 9.09. The number of thioether (sulfide) groups is 1. The van der Waals surface area contributed by atoms with Crippen molar-refractivity contribution in [3.05, 3.63) is 24.3 Å². The van der Waals surface area contributed by atoms with Crippen LogP contribution in [0.15, 0.2) is 29.2 Å². The van der Waals surface area contributed by atoms with E-state index in [-0.39, 0.29) is 12.5 Å². The van der Waals surface area contributed by atoms with Gasteiger partial charge >= 0.3 is 5.97 Å². The molecule has 5 nitrogen and oxygen atoms in total. The molecule has 1 heterocycles. The topological polar surface area (TPSA) is 69.6 Å². The van der Waals surface area contributed by atoms with E-state index < -0.39 is 12.0 Å². The lowest BCUT2D eigenvalue weighted by molar-refractivity contribution is -0.139. The molecule has 6 heteroatoms. The average Bonchev–Trinajstić information content (AvgIpc) is 2.43. The van der Waals surface area contributed by atoms with Crippen molar-refractivity contribution in [1.82, 2.24) is 5.32 Å². The number of nitrogens with zero attached hydrogens (tertiary/aromatic N) is 1. The van der Waals surface area contributed by atoms with E-state index in [0.29, 0.717) is 6.54 Å². The van der Waals surface area contributed by atoms with Gasteiger partial charge in [-0.3, -0.25) is 14.9 Å². The van der Waals surface area contributed by atoms with Gasteiger partial charge in [-0.15, -0.1) is 11.8 Å². The van der Waals surface area contributed by atoms with Crippen molar-refractivity contribution in [1.29, 1.82) is 0 Å². The Morgan fingerprint density at radius 2 is 2.21 bits per heavy atom. The number of fused-ring (bicyclic) bond motifs is 1. The van der Waals surface area contributed by atoms with Gasteiger partial charge in [0.1, 0.15) is 6.04 Å². The molecule has 1 atom stereocenters. The maximum Gasteiger partial charge on any atom is 0.320 e. The molecule has 1 aliphatic rings. The zero-order chi connectivity index (χ0) is 13.8. The van der Waals surface area contributed by atoms with Gasteiger partial charge in [0.25, 0.3) is 0 Å². The van der Waals surface area contributed by atoms with Crippen LogP contribution in [0.25, 0.3) is 0 Å². The smallest absolute Gasteiger partial charge is 0.320 e. The van der Waals surface area contributed by atoms with Crippen molar-refractivity contribution in [3.63, 3.8) is 0 Å². The van der Waals surface area contributed by atoms with Gasteiger partial charge in [0.05, 0.1) is 12.2 Å². The number of para-hydroxylation sites is 1. The molecule has 1 aromatic carbocycles. The molecule has 2 N–H and O–H groups in total. The monoisotopic (exact) mass is 280 g/mol. The van der Waals surface area contributed by atoms with Crippen LogP contribution in [0.2, 0.25) is 0 Å². The van der Waals surface area contributed by atoms with Gasteiger partial charge in [0.15, 0.2) is 0 Å². The third kappa shape index (κ3) is 3.27. The van der Waals surface area contributed by atoms with Crippen LogP contribution in [0, 0.1) is 0 Å². The maximum atomic E-state index is 12.1. The molecule has 1 aliphatic heterocycles. The Kier molecular flexibility index (Phi) is 4.44. The van der Waals surface area contributed by atoms with Crippen LogP contribution >= 0.6 is 11.8 Å². The lowest BCUT2D eigenvalue weighted by Crippen LogP contribution is -2.45. The Bertz CT molecular complexity index is 493. The highest BCUT2D eigenvalue weighted by molar-refractivity contribution is 7.99. The standard InChI is InChI=1S/C13H16N2O3S/c1-9(13(17)18)14-8-12(16)15-6-7-19-11-5-3-2-4-10(11)15/h2-5,9,14H,6-8H2,1H3,(H,17,18)/t9-/m1/s1. The largest absolute Gasteiger partial charge is 0.480 e. The number of hydrogen-bond acceptors (Lipinski definition) is 4. The molecule has 0 aliphatic carbocycles. The van der Waals surface area contributed by atoms with Crippen LogP contribution in [0.4, 0.5) is 5.69 Å². The molecule has 0 bridgehead atoms. The Morgan fingerprint density at radius 3 is 2.95 bits per heavy atom. The fourth-order valence-electron chi connectivity index (χ4n) is 1.85. The molecule has 1 aromatic rings. The quantitative estimate of drug-likeness (QED) is 0.867. The predicted octanol–water partition coefficient (Wildman–Crippen LogP) is 1.19. The van der Waals surface area contributed by atoms with Crippen LogP contribution in [0.5, 0.6) is 0 Å². The van der Waals surface area contributed by atoms with Crippen molar-refractivity contribution in [2.24, 2.45) is 0 Å². The minimum atomic E-state index is -0.956. The predicted molar refractivity (Wildman–Crippen MR) is 74.6 cm³/mol. The van der Waals surface area contributed by atoms with Gasteiger partial charge in [-0.1, -0.05) is 12.1 Å². The normalized spacial score (nSPS) is 15.7. The van der Waals surface area contributed by atoms with Crippen LogP contribution in [-0.2, 0) is 9.59 Å². The Labute approximate surface area is 116 Å². The second kappa shape index (κ2) is 6.08. The Hall–Kier alpha value is -1.53. The van der Waals surface area contributed by atoms with Crippen LogP contribution in [0.3, 0.4) is 0 Å². The van der Waals surface area contributed by atoms with E-state index in [1.165, 1.54) is 6.92 Å². The van der Waals surface area contributed by atoms with Crippen LogP contribution in [-0.4, -0.2) is 41.9 Å². The molecular formula is C13H16N2O3S. The van der Waals surface area contributed by atoms with E-state index in [0.717, 1.165) is 16.3 Å². The lowest BCUT2D eigenvalue weighted by atomic mass is 10.2. The first kappa shape index (κ1) is 13.9. The second-order valence-electron chi connectivity index (χ2n) is 4.30. The first-order valence-electron chi connectivity index (χ1n) is 6.08. The second-order valence-corrected chi connectivity index (χ2v) is 5.44. The number of aliphatic carboxylic acids is 1. The first-order valence-corrected chi connectivity index (χ1v) is 7.06. The number of rotatable bonds is 4. The van der Waals surface area contributed by atoms with Gasteiger partial charge < -0.3 is 10.0 Å². The molecule has 0 unspecified atom stereocenters. The zero-order valence-corrected chi connectivity index (χ0v) is 11.4. The fourth-order valence-corrected chi connectivity index (χ4v) is 2.85. The molecular weight excluding hydrogens is 264 g/mol. The summed E-state index contributed by atoms with van der Waals surface area (Å²) in [7, 11) is 0. The number of carbonyl (C=O) groups is 2. The van der Waals surface area contributed by atoms with Crippen molar-refractivity contribution in [2.75, 3.05) is 23.7 Å². The van der Waals surface area contributed by atoms with Crippen LogP contribution < -0.4 is 10.2 Å². The molecule has 0 saturated heterocycles. The summed E-state index contributed by atoms with van der Waals surface area (Å²) in [6.45, 7) is 2.21. The number of carboxylic acids is 1. The number of carboxylic acid groups (broad SMARTS) is 1. The number of anilines is 1. The molecule has 1 amide bonds. The zero-order valence-electron chi connectivity index (χ0n) is 10.6. The molecule has 0 fully saturated rings. The van der Waals surface area contributed by atoms with E-state index >= 15 is 0 Å². The number of amides is 1. The molecule has 19 heavy (non-hydrogen) atoms. The van der Waals surface area contributed by atoms with Crippen molar-refractivity contribution < 1.29 is 14.7 Å². The third-order valence-electron chi connectivity index (χ3n) is 2.96. The van der Waals surface area contributed by atoms with Crippen molar-refractivity contribution in [2.45, 2.75) is 17.9 Å². The summed E-state index contributed by atoms with van der Waals surface area (Å²) in [4.78, 5) is 25.7. The van der Waals surface area contributed by atoms with Gasteiger partial charge in [-0.05, 0) is 19.1 Å². The SMILES string of the molecule is C[C@@H](NCC(=O)N1CCSc2ccccc21)C(=O)O. The van der Waals surface area contributed by atoms with E-state index in [2.05, 4.69) is 5.32 Å². The summed E-state index contributed by atoms with van der Waals surface area (Å²) in [5.74, 6) is -0.194. The lowest BCUT2D eigenvalue weighted by Gasteiger charge is -2.29. The van der Waals surface area contributed by atoms with E-state index in [4.69, 9.17) is 5.11 Å². The van der Waals surface area contributed by atoms with Gasteiger partial charge in [-0.2, -0.15) is 0 Å². The average molecular weight is 280 g/mol. The number of carbonyl (C=O) groups excluding carboxylic acids is 1. The van der Waals surface area contributed by atoms with Crippen molar-refractivity contribution in [3.8, 4) is 0 Å². The molecule has 2 rings (SSSR count). The van der Waals surface area contributed by atoms with Gasteiger partial charge in [0, 0.05) is 17.2 Å². The summed E-state index contributed by atoms with van der Waals surface area (Å²) >= 11 is 1.73.